The van der Waals surface area contributed by atoms with Gasteiger partial charge in [0.05, 0.1) is 6.61 Å². The third kappa shape index (κ3) is 1.57. The Morgan fingerprint density at radius 3 is 2.17 bits per heavy atom. The highest BCUT2D eigenvalue weighted by Gasteiger charge is 2.43. The van der Waals surface area contributed by atoms with Gasteiger partial charge in [0.15, 0.2) is 0 Å². The van der Waals surface area contributed by atoms with Crippen molar-refractivity contribution in [3.8, 4) is 0 Å². The SMILES string of the molecule is OC[C@@H]1O[C@@H](F)[C@@H](O)[C@H](O)[C@@H]1O. The van der Waals surface area contributed by atoms with Gasteiger partial charge in [-0.3, -0.25) is 0 Å². The Labute approximate surface area is 68.0 Å². The first-order chi connectivity index (χ1) is 5.57. The lowest BCUT2D eigenvalue weighted by molar-refractivity contribution is -0.262. The molecule has 0 saturated carbocycles. The fourth-order valence-electron chi connectivity index (χ4n) is 1.06. The van der Waals surface area contributed by atoms with E-state index >= 15 is 0 Å². The molecule has 1 heterocycles. The molecule has 1 fully saturated rings. The van der Waals surface area contributed by atoms with Gasteiger partial charge in [-0.1, -0.05) is 0 Å². The number of ether oxygens (including phenoxy) is 1. The van der Waals surface area contributed by atoms with Crippen molar-refractivity contribution < 1.29 is 29.6 Å². The molecule has 0 bridgehead atoms. The second-order valence-corrected chi connectivity index (χ2v) is 2.68. The third-order valence-electron chi connectivity index (χ3n) is 1.83. The van der Waals surface area contributed by atoms with Gasteiger partial charge in [0.25, 0.3) is 0 Å². The van der Waals surface area contributed by atoms with Gasteiger partial charge in [-0.15, -0.1) is 0 Å². The van der Waals surface area contributed by atoms with Crippen LogP contribution in [0.3, 0.4) is 0 Å². The first kappa shape index (κ1) is 9.82. The number of aliphatic hydroxyl groups is 4. The standard InChI is InChI=1S/C6H11FO5/c7-6-5(11)4(10)3(9)2(1-8)12-6/h2-6,8-11H,1H2/t2-,3+,4+,5-,6+/m0/s1. The molecule has 1 aliphatic heterocycles. The molecule has 72 valence electrons. The Balaban J connectivity index is 2.63. The van der Waals surface area contributed by atoms with Crippen molar-refractivity contribution in [2.75, 3.05) is 6.61 Å². The predicted octanol–water partition coefficient (Wildman–Crippen LogP) is -2.24. The summed E-state index contributed by atoms with van der Waals surface area (Å²) in [6.45, 7) is -0.606. The Kier molecular flexibility index (Phi) is 2.97. The van der Waals surface area contributed by atoms with Crippen molar-refractivity contribution in [1.29, 1.82) is 0 Å². The van der Waals surface area contributed by atoms with E-state index in [1.807, 2.05) is 0 Å². The predicted molar refractivity (Wildman–Crippen MR) is 34.9 cm³/mol. The molecule has 0 aromatic heterocycles. The molecule has 0 radical (unpaired) electrons. The number of hydrogen-bond acceptors (Lipinski definition) is 5. The summed E-state index contributed by atoms with van der Waals surface area (Å²) in [6.07, 6.45) is -8.09. The number of rotatable bonds is 1. The number of alkyl halides is 1. The maximum absolute atomic E-state index is 12.6. The fourth-order valence-corrected chi connectivity index (χ4v) is 1.06. The zero-order chi connectivity index (χ0) is 9.30. The summed E-state index contributed by atoms with van der Waals surface area (Å²) >= 11 is 0. The van der Waals surface area contributed by atoms with Crippen LogP contribution in [-0.2, 0) is 4.74 Å². The summed E-state index contributed by atoms with van der Waals surface area (Å²) < 4.78 is 16.9. The van der Waals surface area contributed by atoms with Gasteiger partial charge in [0, 0.05) is 0 Å². The molecule has 1 aliphatic rings. The molecule has 4 N–H and O–H groups in total. The zero-order valence-electron chi connectivity index (χ0n) is 6.17. The molecule has 0 amide bonds. The molecular weight excluding hydrogens is 171 g/mol. The normalized spacial score (nSPS) is 49.2. The van der Waals surface area contributed by atoms with Crippen molar-refractivity contribution in [2.24, 2.45) is 0 Å². The molecular formula is C6H11FO5. The second kappa shape index (κ2) is 3.63. The Hall–Kier alpha value is -0.270. The van der Waals surface area contributed by atoms with Gasteiger partial charge in [-0.25, -0.2) is 4.39 Å². The van der Waals surface area contributed by atoms with Gasteiger partial charge in [0.1, 0.15) is 24.4 Å². The van der Waals surface area contributed by atoms with E-state index in [4.69, 9.17) is 20.4 Å². The highest BCUT2D eigenvalue weighted by atomic mass is 19.1. The van der Waals surface area contributed by atoms with E-state index in [1.165, 1.54) is 0 Å². The van der Waals surface area contributed by atoms with E-state index in [1.54, 1.807) is 0 Å². The van der Waals surface area contributed by atoms with Gasteiger partial charge >= 0.3 is 0 Å². The number of hydrogen-bond donors (Lipinski definition) is 4. The first-order valence-corrected chi connectivity index (χ1v) is 3.52. The largest absolute Gasteiger partial charge is 0.394 e. The molecule has 1 rings (SSSR count). The maximum atomic E-state index is 12.6. The minimum atomic E-state index is -2.07. The van der Waals surface area contributed by atoms with E-state index in [-0.39, 0.29) is 0 Å². The van der Waals surface area contributed by atoms with E-state index in [0.29, 0.717) is 0 Å². The van der Waals surface area contributed by atoms with Crippen LogP contribution in [0.2, 0.25) is 0 Å². The summed E-state index contributed by atoms with van der Waals surface area (Å²) in [6, 6.07) is 0. The molecule has 0 unspecified atom stereocenters. The van der Waals surface area contributed by atoms with Crippen LogP contribution in [0, 0.1) is 0 Å². The molecule has 12 heavy (non-hydrogen) atoms. The summed E-state index contributed by atoms with van der Waals surface area (Å²) in [5.74, 6) is 0. The molecule has 0 spiro atoms. The van der Waals surface area contributed by atoms with Crippen LogP contribution < -0.4 is 0 Å². The van der Waals surface area contributed by atoms with Crippen LogP contribution in [0.5, 0.6) is 0 Å². The Morgan fingerprint density at radius 2 is 1.67 bits per heavy atom. The molecule has 6 heteroatoms. The quantitative estimate of drug-likeness (QED) is 0.368. The topological polar surface area (TPSA) is 90.2 Å². The lowest BCUT2D eigenvalue weighted by atomic mass is 10.00. The van der Waals surface area contributed by atoms with Crippen molar-refractivity contribution >= 4 is 0 Å². The van der Waals surface area contributed by atoms with Crippen molar-refractivity contribution in [3.05, 3.63) is 0 Å². The van der Waals surface area contributed by atoms with Crippen LogP contribution >= 0.6 is 0 Å². The minimum Gasteiger partial charge on any atom is -0.394 e. The van der Waals surface area contributed by atoms with Crippen molar-refractivity contribution in [3.63, 3.8) is 0 Å². The summed E-state index contributed by atoms with van der Waals surface area (Å²) in [7, 11) is 0. The molecule has 5 nitrogen and oxygen atoms in total. The number of halogens is 1. The lowest BCUT2D eigenvalue weighted by Gasteiger charge is -2.36. The summed E-state index contributed by atoms with van der Waals surface area (Å²) in [4.78, 5) is 0. The van der Waals surface area contributed by atoms with Crippen LogP contribution in [0.1, 0.15) is 0 Å². The minimum absolute atomic E-state index is 0.606. The molecule has 1 saturated heterocycles. The summed E-state index contributed by atoms with van der Waals surface area (Å²) in [5.41, 5.74) is 0. The van der Waals surface area contributed by atoms with Gasteiger partial charge in [-0.05, 0) is 0 Å². The van der Waals surface area contributed by atoms with Crippen molar-refractivity contribution in [2.45, 2.75) is 30.8 Å². The Bertz CT molecular complexity index is 150. The highest BCUT2D eigenvalue weighted by molar-refractivity contribution is 4.88. The first-order valence-electron chi connectivity index (χ1n) is 3.52. The fraction of sp³-hybridized carbons (Fsp3) is 1.00. The Morgan fingerprint density at radius 1 is 1.08 bits per heavy atom. The van der Waals surface area contributed by atoms with E-state index in [2.05, 4.69) is 4.74 Å². The van der Waals surface area contributed by atoms with Crippen LogP contribution in [0.15, 0.2) is 0 Å². The lowest BCUT2D eigenvalue weighted by Crippen LogP contribution is -2.57. The third-order valence-corrected chi connectivity index (χ3v) is 1.83. The monoisotopic (exact) mass is 182 g/mol. The molecule has 0 aliphatic carbocycles. The number of aliphatic hydroxyl groups excluding tert-OH is 4. The molecule has 0 aromatic rings. The van der Waals surface area contributed by atoms with Gasteiger partial charge in [0.2, 0.25) is 6.36 Å². The van der Waals surface area contributed by atoms with E-state index < -0.39 is 37.4 Å². The van der Waals surface area contributed by atoms with Crippen molar-refractivity contribution in [1.82, 2.24) is 0 Å². The van der Waals surface area contributed by atoms with Gasteiger partial charge in [-0.2, -0.15) is 0 Å². The van der Waals surface area contributed by atoms with E-state index in [9.17, 15) is 4.39 Å². The van der Waals surface area contributed by atoms with Crippen LogP contribution in [0.4, 0.5) is 4.39 Å². The second-order valence-electron chi connectivity index (χ2n) is 2.68. The zero-order valence-corrected chi connectivity index (χ0v) is 6.17. The average Bonchev–Trinajstić information content (AvgIpc) is 2.08. The molecule has 0 aromatic carbocycles. The smallest absolute Gasteiger partial charge is 0.228 e. The molecule has 5 atom stereocenters. The maximum Gasteiger partial charge on any atom is 0.228 e. The van der Waals surface area contributed by atoms with E-state index in [0.717, 1.165) is 0 Å². The van der Waals surface area contributed by atoms with Crippen LogP contribution in [-0.4, -0.2) is 57.8 Å². The average molecular weight is 182 g/mol. The summed E-state index contributed by atoms with van der Waals surface area (Å²) in [5, 5.41) is 35.4. The van der Waals surface area contributed by atoms with Gasteiger partial charge < -0.3 is 25.2 Å². The van der Waals surface area contributed by atoms with Crippen LogP contribution in [0.25, 0.3) is 0 Å². The highest BCUT2D eigenvalue weighted by Crippen LogP contribution is 2.21.